The maximum absolute atomic E-state index is 13.8. The van der Waals surface area contributed by atoms with E-state index in [-0.39, 0.29) is 17.2 Å². The number of nitrogens with two attached hydrogens (primary N) is 1. The highest BCUT2D eigenvalue weighted by Crippen LogP contribution is 2.23. The number of para-hydroxylation sites is 1. The van der Waals surface area contributed by atoms with E-state index >= 15 is 0 Å². The molecule has 100 valence electrons. The summed E-state index contributed by atoms with van der Waals surface area (Å²) in [7, 11) is 0. The molecule has 0 radical (unpaired) electrons. The summed E-state index contributed by atoms with van der Waals surface area (Å²) in [6, 6.07) is 10.2. The molecule has 0 bridgehead atoms. The van der Waals surface area contributed by atoms with Crippen LogP contribution in [0.4, 0.5) is 14.5 Å². The number of hydrogen-bond acceptors (Lipinski definition) is 4. The molecule has 0 unspecified atom stereocenters. The zero-order chi connectivity index (χ0) is 14.1. The summed E-state index contributed by atoms with van der Waals surface area (Å²) in [4.78, 5) is 0. The second-order valence-corrected chi connectivity index (χ2v) is 4.10. The molecule has 0 aliphatic carbocycles. The minimum atomic E-state index is -0.529. The number of nitrogen functional groups attached to an aromatic ring is 1. The third-order valence-corrected chi connectivity index (χ3v) is 2.80. The van der Waals surface area contributed by atoms with Crippen molar-refractivity contribution < 1.29 is 8.78 Å². The van der Waals surface area contributed by atoms with Gasteiger partial charge in [0.15, 0.2) is 5.82 Å². The van der Waals surface area contributed by atoms with Crippen LogP contribution in [-0.4, -0.2) is 20.2 Å². The first-order valence-corrected chi connectivity index (χ1v) is 5.75. The van der Waals surface area contributed by atoms with Gasteiger partial charge in [-0.05, 0) is 40.8 Å². The monoisotopic (exact) mass is 273 g/mol. The van der Waals surface area contributed by atoms with Crippen LogP contribution in [0.1, 0.15) is 0 Å². The molecule has 5 nitrogen and oxygen atoms in total. The van der Waals surface area contributed by atoms with Crippen LogP contribution in [0.25, 0.3) is 17.1 Å². The lowest BCUT2D eigenvalue weighted by Gasteiger charge is -2.06. The van der Waals surface area contributed by atoms with Crippen molar-refractivity contribution in [2.24, 2.45) is 0 Å². The van der Waals surface area contributed by atoms with Crippen molar-refractivity contribution in [3.8, 4) is 17.1 Å². The Morgan fingerprint density at radius 3 is 2.55 bits per heavy atom. The number of benzene rings is 2. The van der Waals surface area contributed by atoms with Gasteiger partial charge in [-0.2, -0.15) is 4.68 Å². The zero-order valence-electron chi connectivity index (χ0n) is 10.2. The third-order valence-electron chi connectivity index (χ3n) is 2.80. The summed E-state index contributed by atoms with van der Waals surface area (Å²) in [5.41, 5.74) is 6.20. The molecule has 0 aliphatic heterocycles. The number of halogens is 2. The quantitative estimate of drug-likeness (QED) is 0.727. The number of nitrogens with zero attached hydrogens (tertiary/aromatic N) is 4. The summed E-state index contributed by atoms with van der Waals surface area (Å²) >= 11 is 0. The SMILES string of the molecule is Nc1cc(-c2nnnn2-c2ccccc2F)ccc1F. The normalized spacial score (nSPS) is 10.7. The van der Waals surface area contributed by atoms with E-state index < -0.39 is 11.6 Å². The molecular weight excluding hydrogens is 264 g/mol. The van der Waals surface area contributed by atoms with Gasteiger partial charge in [0.1, 0.15) is 17.3 Å². The smallest absolute Gasteiger partial charge is 0.187 e. The van der Waals surface area contributed by atoms with Gasteiger partial charge >= 0.3 is 0 Å². The Balaban J connectivity index is 2.15. The lowest BCUT2D eigenvalue weighted by atomic mass is 10.2. The van der Waals surface area contributed by atoms with Crippen molar-refractivity contribution in [3.05, 3.63) is 54.1 Å². The van der Waals surface area contributed by atoms with Crippen molar-refractivity contribution in [1.82, 2.24) is 20.2 Å². The van der Waals surface area contributed by atoms with Gasteiger partial charge in [0.25, 0.3) is 0 Å². The molecule has 0 atom stereocenters. The van der Waals surface area contributed by atoms with Crippen LogP contribution in [-0.2, 0) is 0 Å². The van der Waals surface area contributed by atoms with E-state index in [1.807, 2.05) is 0 Å². The molecule has 1 aromatic heterocycles. The minimum absolute atomic E-state index is 0.0226. The predicted molar refractivity (Wildman–Crippen MR) is 68.9 cm³/mol. The summed E-state index contributed by atoms with van der Waals surface area (Å²) in [5, 5.41) is 11.1. The van der Waals surface area contributed by atoms with E-state index in [1.54, 1.807) is 18.2 Å². The number of anilines is 1. The molecule has 0 saturated carbocycles. The number of tetrazole rings is 1. The second-order valence-electron chi connectivity index (χ2n) is 4.10. The Morgan fingerprint density at radius 2 is 1.80 bits per heavy atom. The molecule has 1 heterocycles. The average molecular weight is 273 g/mol. The van der Waals surface area contributed by atoms with E-state index in [0.717, 1.165) is 0 Å². The summed E-state index contributed by atoms with van der Waals surface area (Å²) < 4.78 is 28.2. The van der Waals surface area contributed by atoms with Gasteiger partial charge in [0.2, 0.25) is 0 Å². The van der Waals surface area contributed by atoms with Gasteiger partial charge in [-0.25, -0.2) is 8.78 Å². The number of rotatable bonds is 2. The lowest BCUT2D eigenvalue weighted by Crippen LogP contribution is -2.03. The van der Waals surface area contributed by atoms with E-state index in [0.29, 0.717) is 5.56 Å². The number of aromatic nitrogens is 4. The first kappa shape index (κ1) is 12.2. The maximum Gasteiger partial charge on any atom is 0.187 e. The van der Waals surface area contributed by atoms with Crippen LogP contribution >= 0.6 is 0 Å². The Labute approximate surface area is 112 Å². The Kier molecular flexibility index (Phi) is 2.86. The fraction of sp³-hybridized carbons (Fsp3) is 0. The van der Waals surface area contributed by atoms with Crippen LogP contribution in [0.3, 0.4) is 0 Å². The molecule has 0 amide bonds. The van der Waals surface area contributed by atoms with E-state index in [4.69, 9.17) is 5.73 Å². The van der Waals surface area contributed by atoms with Gasteiger partial charge < -0.3 is 5.73 Å². The Morgan fingerprint density at radius 1 is 1.00 bits per heavy atom. The van der Waals surface area contributed by atoms with Gasteiger partial charge in [-0.15, -0.1) is 5.10 Å². The molecule has 20 heavy (non-hydrogen) atoms. The van der Waals surface area contributed by atoms with Crippen molar-refractivity contribution in [2.45, 2.75) is 0 Å². The van der Waals surface area contributed by atoms with Crippen LogP contribution in [0.15, 0.2) is 42.5 Å². The molecule has 0 saturated heterocycles. The summed E-state index contributed by atoms with van der Waals surface area (Å²) in [6.07, 6.45) is 0. The third kappa shape index (κ3) is 1.99. The molecule has 0 spiro atoms. The maximum atomic E-state index is 13.8. The van der Waals surface area contributed by atoms with Crippen molar-refractivity contribution in [2.75, 3.05) is 5.73 Å². The van der Waals surface area contributed by atoms with Gasteiger partial charge in [-0.3, -0.25) is 0 Å². The van der Waals surface area contributed by atoms with Crippen LogP contribution in [0, 0.1) is 11.6 Å². The fourth-order valence-corrected chi connectivity index (χ4v) is 1.84. The van der Waals surface area contributed by atoms with E-state index in [2.05, 4.69) is 15.5 Å². The van der Waals surface area contributed by atoms with E-state index in [1.165, 1.54) is 28.9 Å². The molecular formula is C13H9F2N5. The topological polar surface area (TPSA) is 69.6 Å². The fourth-order valence-electron chi connectivity index (χ4n) is 1.84. The lowest BCUT2D eigenvalue weighted by molar-refractivity contribution is 0.607. The summed E-state index contributed by atoms with van der Waals surface area (Å²) in [5.74, 6) is -0.711. The van der Waals surface area contributed by atoms with Crippen molar-refractivity contribution in [3.63, 3.8) is 0 Å². The Bertz CT molecular complexity index is 769. The Hall–Kier alpha value is -2.83. The van der Waals surface area contributed by atoms with Crippen molar-refractivity contribution in [1.29, 1.82) is 0 Å². The molecule has 3 rings (SSSR count). The van der Waals surface area contributed by atoms with Crippen LogP contribution in [0.2, 0.25) is 0 Å². The molecule has 0 aliphatic rings. The average Bonchev–Trinajstić information content (AvgIpc) is 2.91. The highest BCUT2D eigenvalue weighted by Gasteiger charge is 2.14. The highest BCUT2D eigenvalue weighted by molar-refractivity contribution is 5.62. The first-order chi connectivity index (χ1) is 9.66. The summed E-state index contributed by atoms with van der Waals surface area (Å²) in [6.45, 7) is 0. The predicted octanol–water partition coefficient (Wildman–Crippen LogP) is 2.19. The highest BCUT2D eigenvalue weighted by atomic mass is 19.1. The second kappa shape index (κ2) is 4.69. The molecule has 3 aromatic rings. The molecule has 7 heteroatoms. The van der Waals surface area contributed by atoms with Crippen molar-refractivity contribution >= 4 is 5.69 Å². The van der Waals surface area contributed by atoms with Crippen LogP contribution < -0.4 is 5.73 Å². The van der Waals surface area contributed by atoms with Crippen LogP contribution in [0.5, 0.6) is 0 Å². The zero-order valence-corrected chi connectivity index (χ0v) is 10.2. The molecule has 2 aromatic carbocycles. The van der Waals surface area contributed by atoms with Gasteiger partial charge in [-0.1, -0.05) is 12.1 Å². The number of hydrogen-bond donors (Lipinski definition) is 1. The van der Waals surface area contributed by atoms with Gasteiger partial charge in [0.05, 0.1) is 5.69 Å². The molecule has 0 fully saturated rings. The van der Waals surface area contributed by atoms with E-state index in [9.17, 15) is 8.78 Å². The minimum Gasteiger partial charge on any atom is -0.396 e. The standard InChI is InChI=1S/C13H9F2N5/c14-9-6-5-8(7-11(9)16)13-17-18-19-20(13)12-4-2-1-3-10(12)15/h1-7H,16H2. The first-order valence-electron chi connectivity index (χ1n) is 5.75. The largest absolute Gasteiger partial charge is 0.396 e. The molecule has 2 N–H and O–H groups in total. The van der Waals surface area contributed by atoms with Gasteiger partial charge in [0, 0.05) is 5.56 Å².